The third-order valence-electron chi connectivity index (χ3n) is 6.36. The summed E-state index contributed by atoms with van der Waals surface area (Å²) in [5.74, 6) is -0.0747. The lowest BCUT2D eigenvalue weighted by Crippen LogP contribution is -2.48. The summed E-state index contributed by atoms with van der Waals surface area (Å²) in [5, 5.41) is 3.74. The lowest BCUT2D eigenvalue weighted by atomic mass is 9.95. The van der Waals surface area contributed by atoms with Crippen molar-refractivity contribution in [2.24, 2.45) is 0 Å². The lowest BCUT2D eigenvalue weighted by molar-refractivity contribution is 0.0886. The van der Waals surface area contributed by atoms with Gasteiger partial charge in [-0.2, -0.15) is 0 Å². The van der Waals surface area contributed by atoms with E-state index < -0.39 is 0 Å². The van der Waals surface area contributed by atoms with E-state index in [0.29, 0.717) is 17.1 Å². The number of likely N-dealkylation sites (N-methyl/N-ethyl adjacent to an activating group) is 1. The molecule has 0 bridgehead atoms. The maximum absolute atomic E-state index is 12.7. The summed E-state index contributed by atoms with van der Waals surface area (Å²) in [6.45, 7) is 5.81. The van der Waals surface area contributed by atoms with Gasteiger partial charge >= 0.3 is 0 Å². The van der Waals surface area contributed by atoms with E-state index >= 15 is 0 Å². The number of hydrogen-bond donors (Lipinski definition) is 1. The summed E-state index contributed by atoms with van der Waals surface area (Å²) in [6, 6.07) is 14.2. The highest BCUT2D eigenvalue weighted by Crippen LogP contribution is 2.31. The molecular weight excluding hydrogens is 396 g/mol. The normalized spacial score (nSPS) is 18.7. The number of benzene rings is 2. The largest absolute Gasteiger partial charge is 0.374 e. The van der Waals surface area contributed by atoms with Crippen LogP contribution in [0.2, 0.25) is 5.02 Å². The Balaban J connectivity index is 1.55. The van der Waals surface area contributed by atoms with Crippen molar-refractivity contribution in [1.29, 1.82) is 0 Å². The van der Waals surface area contributed by atoms with Gasteiger partial charge in [-0.3, -0.25) is 9.69 Å². The van der Waals surface area contributed by atoms with E-state index in [1.165, 1.54) is 23.2 Å². The first-order chi connectivity index (χ1) is 14.5. The van der Waals surface area contributed by atoms with E-state index in [1.54, 1.807) is 18.2 Å². The highest BCUT2D eigenvalue weighted by Gasteiger charge is 2.26. The lowest BCUT2D eigenvalue weighted by Gasteiger charge is -2.39. The fourth-order valence-electron chi connectivity index (χ4n) is 4.52. The van der Waals surface area contributed by atoms with Crippen LogP contribution in [0.5, 0.6) is 0 Å². The van der Waals surface area contributed by atoms with E-state index in [-0.39, 0.29) is 11.9 Å². The first-order valence-corrected chi connectivity index (χ1v) is 11.2. The molecule has 0 radical (unpaired) electrons. The molecule has 6 heteroatoms. The standard InChI is InChI=1S/C24H31ClN4O/c1-27-11-13-29(14-12-27)23(17-26-24(30)20-5-3-7-21(25)16-20)19-8-9-22-18(15-19)6-4-10-28(22)2/h3,5,7-9,15-16,23H,4,6,10-14,17H2,1-2H3,(H,26,30)/t23-/m0/s1. The van der Waals surface area contributed by atoms with E-state index in [4.69, 9.17) is 11.6 Å². The van der Waals surface area contributed by atoms with Gasteiger partial charge in [0.15, 0.2) is 0 Å². The minimum atomic E-state index is -0.0747. The van der Waals surface area contributed by atoms with Gasteiger partial charge in [0, 0.05) is 62.6 Å². The molecular formula is C24H31ClN4O. The van der Waals surface area contributed by atoms with Gasteiger partial charge in [-0.15, -0.1) is 0 Å². The molecule has 5 nitrogen and oxygen atoms in total. The highest BCUT2D eigenvalue weighted by atomic mass is 35.5. The zero-order valence-corrected chi connectivity index (χ0v) is 18.7. The summed E-state index contributed by atoms with van der Waals surface area (Å²) in [5.41, 5.74) is 4.65. The quantitative estimate of drug-likeness (QED) is 0.794. The number of carbonyl (C=O) groups is 1. The minimum Gasteiger partial charge on any atom is -0.374 e. The van der Waals surface area contributed by atoms with Crippen LogP contribution in [0.25, 0.3) is 0 Å². The average molecular weight is 427 g/mol. The minimum absolute atomic E-state index is 0.0747. The predicted octanol–water partition coefficient (Wildman–Crippen LogP) is 3.44. The fourth-order valence-corrected chi connectivity index (χ4v) is 4.72. The van der Waals surface area contributed by atoms with Crippen LogP contribution in [0.4, 0.5) is 5.69 Å². The van der Waals surface area contributed by atoms with E-state index in [1.807, 2.05) is 6.07 Å². The zero-order chi connectivity index (χ0) is 21.1. The van der Waals surface area contributed by atoms with Gasteiger partial charge in [-0.05, 0) is 55.3 Å². The number of carbonyl (C=O) groups excluding carboxylic acids is 1. The number of nitrogens with one attached hydrogen (secondary N) is 1. The number of aryl methyl sites for hydroxylation is 1. The van der Waals surface area contributed by atoms with Crippen LogP contribution in [0.3, 0.4) is 0 Å². The van der Waals surface area contributed by atoms with Crippen LogP contribution in [-0.2, 0) is 6.42 Å². The Morgan fingerprint density at radius 2 is 1.87 bits per heavy atom. The number of amides is 1. The Morgan fingerprint density at radius 3 is 2.63 bits per heavy atom. The zero-order valence-electron chi connectivity index (χ0n) is 17.9. The molecule has 0 aliphatic carbocycles. The van der Waals surface area contributed by atoms with Crippen molar-refractivity contribution in [1.82, 2.24) is 15.1 Å². The molecule has 2 aromatic rings. The van der Waals surface area contributed by atoms with Gasteiger partial charge in [0.1, 0.15) is 0 Å². The van der Waals surface area contributed by atoms with Crippen LogP contribution < -0.4 is 10.2 Å². The van der Waals surface area contributed by atoms with Crippen LogP contribution in [0, 0.1) is 0 Å². The van der Waals surface area contributed by atoms with Crippen molar-refractivity contribution in [2.75, 3.05) is 58.3 Å². The van der Waals surface area contributed by atoms with Crippen molar-refractivity contribution in [2.45, 2.75) is 18.9 Å². The van der Waals surface area contributed by atoms with Crippen molar-refractivity contribution >= 4 is 23.2 Å². The van der Waals surface area contributed by atoms with Gasteiger partial charge in [0.05, 0.1) is 6.04 Å². The molecule has 0 spiro atoms. The van der Waals surface area contributed by atoms with Crippen molar-refractivity contribution in [3.05, 3.63) is 64.2 Å². The summed E-state index contributed by atoms with van der Waals surface area (Å²) in [4.78, 5) is 19.9. The molecule has 1 amide bonds. The van der Waals surface area contributed by atoms with Crippen LogP contribution in [0.1, 0.15) is 33.9 Å². The fraction of sp³-hybridized carbons (Fsp3) is 0.458. The maximum atomic E-state index is 12.7. The highest BCUT2D eigenvalue weighted by molar-refractivity contribution is 6.30. The molecule has 2 heterocycles. The van der Waals surface area contributed by atoms with Crippen molar-refractivity contribution < 1.29 is 4.79 Å². The Kier molecular flexibility index (Phi) is 6.61. The first-order valence-electron chi connectivity index (χ1n) is 10.8. The number of fused-ring (bicyclic) bond motifs is 1. The van der Waals surface area contributed by atoms with E-state index in [9.17, 15) is 4.79 Å². The summed E-state index contributed by atoms with van der Waals surface area (Å²) in [6.07, 6.45) is 2.31. The predicted molar refractivity (Wildman–Crippen MR) is 124 cm³/mol. The Bertz CT molecular complexity index is 895. The number of hydrogen-bond acceptors (Lipinski definition) is 4. The SMILES string of the molecule is CN1CCN([C@@H](CNC(=O)c2cccc(Cl)c2)c2ccc3c(c2)CCCN3C)CC1. The van der Waals surface area contributed by atoms with Gasteiger partial charge < -0.3 is 15.1 Å². The molecule has 4 rings (SSSR count). The Morgan fingerprint density at radius 1 is 1.07 bits per heavy atom. The summed E-state index contributed by atoms with van der Waals surface area (Å²) in [7, 11) is 4.34. The topological polar surface area (TPSA) is 38.8 Å². The van der Waals surface area contributed by atoms with E-state index in [2.05, 4.69) is 52.3 Å². The van der Waals surface area contributed by atoms with Crippen LogP contribution in [0.15, 0.2) is 42.5 Å². The smallest absolute Gasteiger partial charge is 0.251 e. The molecule has 1 fully saturated rings. The Hall–Kier alpha value is -2.08. The molecule has 0 unspecified atom stereocenters. The van der Waals surface area contributed by atoms with Crippen LogP contribution >= 0.6 is 11.6 Å². The number of rotatable bonds is 5. The van der Waals surface area contributed by atoms with E-state index in [0.717, 1.165) is 39.1 Å². The van der Waals surface area contributed by atoms with Gasteiger partial charge in [0.25, 0.3) is 5.91 Å². The second-order valence-corrected chi connectivity index (χ2v) is 8.93. The molecule has 30 heavy (non-hydrogen) atoms. The first kappa shape index (κ1) is 21.2. The maximum Gasteiger partial charge on any atom is 0.251 e. The van der Waals surface area contributed by atoms with Gasteiger partial charge in [0.2, 0.25) is 0 Å². The van der Waals surface area contributed by atoms with Crippen molar-refractivity contribution in [3.63, 3.8) is 0 Å². The average Bonchev–Trinajstić information content (AvgIpc) is 2.75. The Labute approximate surface area is 184 Å². The monoisotopic (exact) mass is 426 g/mol. The van der Waals surface area contributed by atoms with Crippen molar-refractivity contribution in [3.8, 4) is 0 Å². The molecule has 1 saturated heterocycles. The molecule has 2 aliphatic rings. The molecule has 0 aromatic heterocycles. The number of piperazine rings is 1. The summed E-state index contributed by atoms with van der Waals surface area (Å²) >= 11 is 6.07. The second kappa shape index (κ2) is 9.38. The molecule has 1 atom stereocenters. The second-order valence-electron chi connectivity index (χ2n) is 8.49. The van der Waals surface area contributed by atoms with Gasteiger partial charge in [-0.25, -0.2) is 0 Å². The molecule has 0 saturated carbocycles. The number of nitrogens with zero attached hydrogens (tertiary/aromatic N) is 3. The third kappa shape index (κ3) is 4.80. The molecule has 2 aromatic carbocycles. The number of anilines is 1. The summed E-state index contributed by atoms with van der Waals surface area (Å²) < 4.78 is 0. The van der Waals surface area contributed by atoms with Crippen LogP contribution in [-0.4, -0.2) is 69.1 Å². The molecule has 160 valence electrons. The molecule has 1 N–H and O–H groups in total. The number of halogens is 1. The van der Waals surface area contributed by atoms with Gasteiger partial charge in [-0.1, -0.05) is 29.8 Å². The molecule has 2 aliphatic heterocycles. The third-order valence-corrected chi connectivity index (χ3v) is 6.60.